The van der Waals surface area contributed by atoms with E-state index in [1.807, 2.05) is 30.9 Å². The molecule has 1 aliphatic heterocycles. The third-order valence-corrected chi connectivity index (χ3v) is 9.18. The van der Waals surface area contributed by atoms with Crippen LogP contribution in [0.25, 0.3) is 0 Å². The van der Waals surface area contributed by atoms with Gasteiger partial charge in [-0.3, -0.25) is 4.79 Å². The Balaban J connectivity index is 1.68. The van der Waals surface area contributed by atoms with E-state index in [1.54, 1.807) is 23.5 Å². The molecule has 8 heteroatoms. The van der Waals surface area contributed by atoms with Crippen molar-refractivity contribution in [1.29, 1.82) is 0 Å². The summed E-state index contributed by atoms with van der Waals surface area (Å²) in [5.41, 5.74) is 3.32. The zero-order chi connectivity index (χ0) is 24.5. The highest BCUT2D eigenvalue weighted by molar-refractivity contribution is 7.89. The lowest BCUT2D eigenvalue weighted by Crippen LogP contribution is -2.47. The second-order valence-electron chi connectivity index (χ2n) is 9.04. The normalized spacial score (nSPS) is 16.2. The Kier molecular flexibility index (Phi) is 7.48. The Labute approximate surface area is 211 Å². The maximum absolute atomic E-state index is 13.8. The first-order valence-electron chi connectivity index (χ1n) is 11.4. The van der Waals surface area contributed by atoms with Gasteiger partial charge >= 0.3 is 0 Å². The predicted molar refractivity (Wildman–Crippen MR) is 138 cm³/mol. The van der Waals surface area contributed by atoms with Crippen LogP contribution in [0.2, 0.25) is 5.02 Å². The van der Waals surface area contributed by atoms with Gasteiger partial charge in [-0.1, -0.05) is 49.7 Å². The maximum Gasteiger partial charge on any atom is 0.243 e. The summed E-state index contributed by atoms with van der Waals surface area (Å²) < 4.78 is 28.3. The van der Waals surface area contributed by atoms with Gasteiger partial charge in [-0.25, -0.2) is 8.42 Å². The summed E-state index contributed by atoms with van der Waals surface area (Å²) in [6, 6.07) is 16.1. The van der Waals surface area contributed by atoms with Gasteiger partial charge < -0.3 is 4.90 Å². The molecule has 3 aromatic rings. The first-order chi connectivity index (χ1) is 16.2. The Morgan fingerprint density at radius 1 is 1.12 bits per heavy atom. The lowest BCUT2D eigenvalue weighted by atomic mass is 9.90. The van der Waals surface area contributed by atoms with Gasteiger partial charge in [0, 0.05) is 23.0 Å². The smallest absolute Gasteiger partial charge is 0.243 e. The van der Waals surface area contributed by atoms with Crippen LogP contribution in [0, 0.1) is 12.8 Å². The van der Waals surface area contributed by atoms with Gasteiger partial charge in [-0.2, -0.15) is 4.31 Å². The summed E-state index contributed by atoms with van der Waals surface area (Å²) >= 11 is 7.68. The van der Waals surface area contributed by atoms with E-state index < -0.39 is 10.0 Å². The summed E-state index contributed by atoms with van der Waals surface area (Å²) in [6.45, 7) is 6.55. The topological polar surface area (TPSA) is 57.7 Å². The van der Waals surface area contributed by atoms with Crippen molar-refractivity contribution < 1.29 is 13.2 Å². The van der Waals surface area contributed by atoms with Crippen LogP contribution in [0.3, 0.4) is 0 Å². The number of carbonyl (C=O) groups excluding carboxylic acids is 1. The molecule has 0 saturated carbocycles. The number of hydrogen-bond acceptors (Lipinski definition) is 4. The predicted octanol–water partition coefficient (Wildman–Crippen LogP) is 5.53. The molecule has 1 aliphatic rings. The van der Waals surface area contributed by atoms with Crippen LogP contribution in [0.5, 0.6) is 0 Å². The number of hydrogen-bond donors (Lipinski definition) is 0. The van der Waals surface area contributed by atoms with E-state index in [-0.39, 0.29) is 35.9 Å². The van der Waals surface area contributed by atoms with Crippen molar-refractivity contribution in [3.05, 3.63) is 86.6 Å². The van der Waals surface area contributed by atoms with Gasteiger partial charge in [0.1, 0.15) is 0 Å². The van der Waals surface area contributed by atoms with Crippen molar-refractivity contribution >= 4 is 38.9 Å². The van der Waals surface area contributed by atoms with Gasteiger partial charge in [-0.15, -0.1) is 11.3 Å². The van der Waals surface area contributed by atoms with Gasteiger partial charge in [0.05, 0.1) is 17.5 Å². The molecule has 180 valence electrons. The van der Waals surface area contributed by atoms with Crippen LogP contribution in [-0.2, 0) is 21.2 Å². The van der Waals surface area contributed by atoms with Crippen LogP contribution in [0.15, 0.2) is 64.9 Å². The lowest BCUT2D eigenvalue weighted by molar-refractivity contribution is -0.133. The zero-order valence-electron chi connectivity index (χ0n) is 19.6. The number of aryl methyl sites for hydroxylation is 1. The van der Waals surface area contributed by atoms with Crippen molar-refractivity contribution in [2.45, 2.75) is 38.1 Å². The van der Waals surface area contributed by atoms with E-state index in [4.69, 9.17) is 11.6 Å². The van der Waals surface area contributed by atoms with E-state index >= 15 is 0 Å². The van der Waals surface area contributed by atoms with E-state index in [2.05, 4.69) is 30.5 Å². The van der Waals surface area contributed by atoms with Crippen molar-refractivity contribution in [3.63, 3.8) is 0 Å². The van der Waals surface area contributed by atoms with E-state index in [1.165, 1.54) is 21.3 Å². The third kappa shape index (κ3) is 5.08. The van der Waals surface area contributed by atoms with Gasteiger partial charge in [0.25, 0.3) is 0 Å². The average Bonchev–Trinajstić information content (AvgIpc) is 3.27. The summed E-state index contributed by atoms with van der Waals surface area (Å²) in [5, 5.41) is 2.53. The number of fused-ring (bicyclic) bond motifs is 1. The molecule has 0 radical (unpaired) electrons. The molecule has 1 amide bonds. The molecule has 2 heterocycles. The molecule has 1 aromatic heterocycles. The fourth-order valence-electron chi connectivity index (χ4n) is 4.47. The molecule has 1 unspecified atom stereocenters. The summed E-state index contributed by atoms with van der Waals surface area (Å²) in [5.74, 6) is -0.129. The number of benzene rings is 2. The number of thiophene rings is 1. The lowest BCUT2D eigenvalue weighted by Gasteiger charge is -2.38. The van der Waals surface area contributed by atoms with Crippen LogP contribution in [0.4, 0.5) is 0 Å². The Bertz CT molecular complexity index is 1270. The van der Waals surface area contributed by atoms with Crippen LogP contribution >= 0.6 is 22.9 Å². The van der Waals surface area contributed by atoms with Crippen molar-refractivity contribution in [2.24, 2.45) is 5.92 Å². The Morgan fingerprint density at radius 2 is 1.82 bits per heavy atom. The van der Waals surface area contributed by atoms with Gasteiger partial charge in [0.2, 0.25) is 15.9 Å². The first kappa shape index (κ1) is 24.9. The molecular weight excluding hydrogens is 488 g/mol. The Hall–Kier alpha value is -2.19. The Morgan fingerprint density at radius 3 is 2.50 bits per heavy atom. The fourth-order valence-corrected chi connectivity index (χ4v) is 7.05. The minimum absolute atomic E-state index is 0.0619. The zero-order valence-corrected chi connectivity index (χ0v) is 22.0. The molecule has 0 saturated heterocycles. The van der Waals surface area contributed by atoms with Gasteiger partial charge in [-0.05, 0) is 71.7 Å². The third-order valence-electron chi connectivity index (χ3n) is 6.10. The highest BCUT2D eigenvalue weighted by Crippen LogP contribution is 2.39. The molecule has 2 aromatic carbocycles. The molecule has 0 N–H and O–H groups in total. The fraction of sp³-hybridized carbons (Fsp3) is 0.346. The standard InChI is InChI=1S/C26H29ClN2O3S2/c1-18(2)16-28(34(31,32)21-10-8-20(27)9-11-21)17-25(30)29-14-12-24-23(13-15-33-24)26(29)22-7-5-4-6-19(22)3/h4-11,13,15,18,26H,12,14,16-17H2,1-3H3. The molecule has 1 atom stereocenters. The highest BCUT2D eigenvalue weighted by Gasteiger charge is 2.36. The highest BCUT2D eigenvalue weighted by atomic mass is 35.5. The second-order valence-corrected chi connectivity index (χ2v) is 12.4. The van der Waals surface area contributed by atoms with Crippen LogP contribution in [-0.4, -0.2) is 43.2 Å². The van der Waals surface area contributed by atoms with Crippen LogP contribution < -0.4 is 0 Å². The number of carbonyl (C=O) groups is 1. The quantitative estimate of drug-likeness (QED) is 0.415. The van der Waals surface area contributed by atoms with Crippen LogP contribution in [0.1, 0.15) is 41.5 Å². The van der Waals surface area contributed by atoms with E-state index in [9.17, 15) is 13.2 Å². The molecule has 0 fully saturated rings. The van der Waals surface area contributed by atoms with Crippen molar-refractivity contribution in [1.82, 2.24) is 9.21 Å². The molecule has 0 aliphatic carbocycles. The number of amides is 1. The number of rotatable bonds is 7. The number of sulfonamides is 1. The minimum Gasteiger partial charge on any atom is -0.330 e. The SMILES string of the molecule is Cc1ccccc1C1c2ccsc2CCN1C(=O)CN(CC(C)C)S(=O)(=O)c1ccc(Cl)cc1. The largest absolute Gasteiger partial charge is 0.330 e. The molecular formula is C26H29ClN2O3S2. The summed E-state index contributed by atoms with van der Waals surface area (Å²) in [7, 11) is -3.86. The van der Waals surface area contributed by atoms with Crippen molar-refractivity contribution in [2.75, 3.05) is 19.6 Å². The second kappa shape index (κ2) is 10.2. The monoisotopic (exact) mass is 516 g/mol. The molecule has 0 spiro atoms. The molecule has 34 heavy (non-hydrogen) atoms. The average molecular weight is 517 g/mol. The van der Waals surface area contributed by atoms with Gasteiger partial charge in [0.15, 0.2) is 0 Å². The number of nitrogens with zero attached hydrogens (tertiary/aromatic N) is 2. The summed E-state index contributed by atoms with van der Waals surface area (Å²) in [6.07, 6.45) is 0.773. The number of halogens is 1. The summed E-state index contributed by atoms with van der Waals surface area (Å²) in [4.78, 5) is 17.0. The van der Waals surface area contributed by atoms with Crippen molar-refractivity contribution in [3.8, 4) is 0 Å². The van der Waals surface area contributed by atoms with E-state index in [0.29, 0.717) is 11.6 Å². The van der Waals surface area contributed by atoms with E-state index in [0.717, 1.165) is 23.1 Å². The molecule has 4 rings (SSSR count). The maximum atomic E-state index is 13.8. The minimum atomic E-state index is -3.86. The molecule has 5 nitrogen and oxygen atoms in total. The first-order valence-corrected chi connectivity index (χ1v) is 14.0. The molecule has 0 bridgehead atoms.